The summed E-state index contributed by atoms with van der Waals surface area (Å²) < 4.78 is 19.8. The lowest BCUT2D eigenvalue weighted by Crippen LogP contribution is -2.27. The SMILES string of the molecule is O=P(O)(O)OCCNC(=S)OCc1ccccc1. The number of hydrogen-bond donors (Lipinski definition) is 3. The number of phosphoric ester groups is 1. The summed E-state index contributed by atoms with van der Waals surface area (Å²) in [6.45, 7) is 0.351. The molecular formula is C10H14NO5PS. The van der Waals surface area contributed by atoms with Crippen LogP contribution in [0.5, 0.6) is 0 Å². The zero-order valence-electron chi connectivity index (χ0n) is 9.48. The van der Waals surface area contributed by atoms with E-state index in [-0.39, 0.29) is 18.3 Å². The van der Waals surface area contributed by atoms with Gasteiger partial charge in [0.15, 0.2) is 0 Å². The molecule has 1 aromatic rings. The molecule has 0 heterocycles. The smallest absolute Gasteiger partial charge is 0.466 e. The Morgan fingerprint density at radius 1 is 1.33 bits per heavy atom. The first-order valence-corrected chi connectivity index (χ1v) is 7.06. The van der Waals surface area contributed by atoms with Crippen molar-refractivity contribution in [2.24, 2.45) is 0 Å². The second-order valence-corrected chi connectivity index (χ2v) is 4.92. The largest absolute Gasteiger partial charge is 0.469 e. The van der Waals surface area contributed by atoms with Gasteiger partial charge in [-0.15, -0.1) is 0 Å². The van der Waals surface area contributed by atoms with Crippen molar-refractivity contribution in [1.29, 1.82) is 0 Å². The fourth-order valence-corrected chi connectivity index (χ4v) is 1.58. The van der Waals surface area contributed by atoms with Crippen LogP contribution in [0.15, 0.2) is 30.3 Å². The van der Waals surface area contributed by atoms with E-state index in [4.69, 9.17) is 26.7 Å². The Bertz CT molecular complexity index is 422. The van der Waals surface area contributed by atoms with Crippen molar-refractivity contribution >= 4 is 25.2 Å². The molecule has 0 aliphatic rings. The maximum absolute atomic E-state index is 10.4. The highest BCUT2D eigenvalue weighted by molar-refractivity contribution is 7.80. The van der Waals surface area contributed by atoms with Crippen molar-refractivity contribution in [3.8, 4) is 0 Å². The Morgan fingerprint density at radius 3 is 2.61 bits per heavy atom. The van der Waals surface area contributed by atoms with Gasteiger partial charge in [0.05, 0.1) is 6.61 Å². The van der Waals surface area contributed by atoms with Crippen LogP contribution in [0, 0.1) is 0 Å². The number of rotatable bonds is 6. The molecule has 0 aliphatic carbocycles. The highest BCUT2D eigenvalue weighted by atomic mass is 32.1. The average molecular weight is 291 g/mol. The summed E-state index contributed by atoms with van der Waals surface area (Å²) in [6.07, 6.45) is 0. The third kappa shape index (κ3) is 7.37. The molecule has 0 unspecified atom stereocenters. The average Bonchev–Trinajstić information content (AvgIpc) is 2.32. The van der Waals surface area contributed by atoms with E-state index in [1.54, 1.807) is 0 Å². The molecule has 3 N–H and O–H groups in total. The van der Waals surface area contributed by atoms with Gasteiger partial charge in [-0.05, 0) is 17.8 Å². The van der Waals surface area contributed by atoms with Crippen LogP contribution in [0.3, 0.4) is 0 Å². The topological polar surface area (TPSA) is 88.0 Å². The molecule has 6 nitrogen and oxygen atoms in total. The predicted molar refractivity (Wildman–Crippen MR) is 69.8 cm³/mol. The molecule has 0 bridgehead atoms. The first kappa shape index (κ1) is 15.1. The Morgan fingerprint density at radius 2 is 2.00 bits per heavy atom. The molecule has 1 rings (SSSR count). The van der Waals surface area contributed by atoms with Gasteiger partial charge in [0.2, 0.25) is 0 Å². The van der Waals surface area contributed by atoms with Crippen molar-refractivity contribution in [2.45, 2.75) is 6.61 Å². The van der Waals surface area contributed by atoms with Crippen LogP contribution in [0.25, 0.3) is 0 Å². The fraction of sp³-hybridized carbons (Fsp3) is 0.300. The van der Waals surface area contributed by atoms with Crippen LogP contribution in [-0.4, -0.2) is 28.1 Å². The van der Waals surface area contributed by atoms with E-state index >= 15 is 0 Å². The molecule has 0 atom stereocenters. The van der Waals surface area contributed by atoms with Crippen LogP contribution < -0.4 is 5.32 Å². The number of phosphoric acid groups is 1. The van der Waals surface area contributed by atoms with Crippen molar-refractivity contribution in [1.82, 2.24) is 5.32 Å². The predicted octanol–water partition coefficient (Wildman–Crippen LogP) is 1.19. The fourth-order valence-electron chi connectivity index (χ4n) is 1.09. The van der Waals surface area contributed by atoms with Crippen molar-refractivity contribution < 1.29 is 23.6 Å². The summed E-state index contributed by atoms with van der Waals surface area (Å²) in [5, 5.41) is 2.83. The van der Waals surface area contributed by atoms with E-state index in [1.807, 2.05) is 30.3 Å². The van der Waals surface area contributed by atoms with Gasteiger partial charge in [-0.3, -0.25) is 4.52 Å². The lowest BCUT2D eigenvalue weighted by Gasteiger charge is -2.10. The molecule has 0 aromatic heterocycles. The quantitative estimate of drug-likeness (QED) is 0.412. The monoisotopic (exact) mass is 291 g/mol. The van der Waals surface area contributed by atoms with Crippen molar-refractivity contribution in [3.05, 3.63) is 35.9 Å². The van der Waals surface area contributed by atoms with Gasteiger partial charge in [-0.25, -0.2) is 4.57 Å². The summed E-state index contributed by atoms with van der Waals surface area (Å²) in [5.41, 5.74) is 0.980. The zero-order valence-corrected chi connectivity index (χ0v) is 11.2. The van der Waals surface area contributed by atoms with Gasteiger partial charge >= 0.3 is 7.82 Å². The van der Waals surface area contributed by atoms with Crippen molar-refractivity contribution in [3.63, 3.8) is 0 Å². The highest BCUT2D eigenvalue weighted by Gasteiger charge is 2.12. The lowest BCUT2D eigenvalue weighted by molar-refractivity contribution is 0.197. The van der Waals surface area contributed by atoms with Gasteiger partial charge in [-0.1, -0.05) is 30.3 Å². The minimum atomic E-state index is -4.41. The van der Waals surface area contributed by atoms with E-state index < -0.39 is 7.82 Å². The van der Waals surface area contributed by atoms with Gasteiger partial charge in [0.25, 0.3) is 5.17 Å². The van der Waals surface area contributed by atoms with Crippen LogP contribution in [0.2, 0.25) is 0 Å². The molecule has 0 saturated carbocycles. The Labute approximate surface area is 110 Å². The van der Waals surface area contributed by atoms with E-state index in [2.05, 4.69) is 9.84 Å². The molecule has 8 heteroatoms. The first-order valence-electron chi connectivity index (χ1n) is 5.12. The number of hydrogen-bond acceptors (Lipinski definition) is 4. The molecule has 100 valence electrons. The summed E-state index contributed by atoms with van der Waals surface area (Å²) in [7, 11) is -4.41. The second-order valence-electron chi connectivity index (χ2n) is 3.31. The second kappa shape index (κ2) is 7.45. The molecule has 1 aromatic carbocycles. The van der Waals surface area contributed by atoms with Crippen molar-refractivity contribution in [2.75, 3.05) is 13.2 Å². The molecule has 18 heavy (non-hydrogen) atoms. The minimum Gasteiger partial charge on any atom is -0.466 e. The zero-order chi connectivity index (χ0) is 13.4. The summed E-state index contributed by atoms with van der Waals surface area (Å²) in [4.78, 5) is 16.9. The molecule has 0 spiro atoms. The molecule has 0 amide bonds. The molecule has 0 radical (unpaired) electrons. The number of ether oxygens (including phenoxy) is 1. The summed E-state index contributed by atoms with van der Waals surface area (Å²) in [6, 6.07) is 9.49. The van der Waals surface area contributed by atoms with Gasteiger partial charge in [-0.2, -0.15) is 0 Å². The molecule has 0 aliphatic heterocycles. The van der Waals surface area contributed by atoms with Gasteiger partial charge < -0.3 is 19.8 Å². The third-order valence-electron chi connectivity index (χ3n) is 1.84. The normalized spacial score (nSPS) is 11.0. The van der Waals surface area contributed by atoms with Crippen LogP contribution >= 0.6 is 20.0 Å². The molecule has 0 saturated heterocycles. The van der Waals surface area contributed by atoms with Gasteiger partial charge in [0, 0.05) is 6.54 Å². The van der Waals surface area contributed by atoms with E-state index in [9.17, 15) is 4.57 Å². The number of benzene rings is 1. The summed E-state index contributed by atoms with van der Waals surface area (Å²) >= 11 is 4.88. The maximum Gasteiger partial charge on any atom is 0.469 e. The third-order valence-corrected chi connectivity index (χ3v) is 2.62. The van der Waals surface area contributed by atoms with E-state index in [0.29, 0.717) is 6.61 Å². The van der Waals surface area contributed by atoms with Crippen LogP contribution in [-0.2, 0) is 20.4 Å². The standard InChI is InChI=1S/C10H14NO5PS/c12-17(13,14)16-7-6-11-10(18)15-8-9-4-2-1-3-5-9/h1-5H,6-8H2,(H,11,18)(H2,12,13,14). The Hall–Kier alpha value is -0.980. The maximum atomic E-state index is 10.4. The van der Waals surface area contributed by atoms with Gasteiger partial charge in [0.1, 0.15) is 6.61 Å². The first-order chi connectivity index (χ1) is 8.47. The van der Waals surface area contributed by atoms with Crippen LogP contribution in [0.4, 0.5) is 0 Å². The minimum absolute atomic E-state index is 0.154. The Balaban J connectivity index is 2.13. The van der Waals surface area contributed by atoms with Crippen LogP contribution in [0.1, 0.15) is 5.56 Å². The Kier molecular flexibility index (Phi) is 6.24. The number of thiocarbonyl (C=S) groups is 1. The van der Waals surface area contributed by atoms with E-state index in [0.717, 1.165) is 5.56 Å². The highest BCUT2D eigenvalue weighted by Crippen LogP contribution is 2.35. The number of nitrogens with one attached hydrogen (secondary N) is 1. The molecular weight excluding hydrogens is 277 g/mol. The lowest BCUT2D eigenvalue weighted by atomic mass is 10.2. The van der Waals surface area contributed by atoms with E-state index in [1.165, 1.54) is 0 Å². The summed E-state index contributed by atoms with van der Waals surface area (Å²) in [5.74, 6) is 0. The molecule has 0 fully saturated rings.